The highest BCUT2D eigenvalue weighted by Gasteiger charge is 1.65. The molecule has 0 aromatic rings. The topological polar surface area (TPSA) is 74.8 Å². The van der Waals surface area contributed by atoms with E-state index in [4.69, 9.17) is 11.3 Å². The Labute approximate surface area is 47.7 Å². The molecule has 0 rings (SSSR count). The van der Waals surface area contributed by atoms with Crippen LogP contribution in [0.1, 0.15) is 0 Å². The summed E-state index contributed by atoms with van der Waals surface area (Å²) in [6.07, 6.45) is 0. The van der Waals surface area contributed by atoms with E-state index in [9.17, 15) is 0 Å². The summed E-state index contributed by atoms with van der Waals surface area (Å²) in [5.41, 5.74) is 12.5. The molecule has 4 nitrogen and oxygen atoms in total. The van der Waals surface area contributed by atoms with E-state index < -0.39 is 0 Å². The molecule has 0 heterocycles. The predicted octanol–water partition coefficient (Wildman–Crippen LogP) is 0.677. The Hall–Kier alpha value is -0.440. The van der Waals surface area contributed by atoms with Crippen molar-refractivity contribution in [3.8, 4) is 0 Å². The van der Waals surface area contributed by atoms with Gasteiger partial charge in [-0.25, -0.2) is 0 Å². The average molecular weight is 123 g/mol. The maximum absolute atomic E-state index is 7.60. The normalized spacial score (nSPS) is 5.86. The standard InChI is InChI=1S/C2H6N4.ClH/c3-1-2-5-6-4;/h1-3H2;1H. The van der Waals surface area contributed by atoms with E-state index in [2.05, 4.69) is 10.0 Å². The van der Waals surface area contributed by atoms with E-state index in [1.165, 1.54) is 0 Å². The van der Waals surface area contributed by atoms with Crippen molar-refractivity contribution in [1.82, 2.24) is 0 Å². The van der Waals surface area contributed by atoms with Gasteiger partial charge >= 0.3 is 0 Å². The quantitative estimate of drug-likeness (QED) is 0.326. The van der Waals surface area contributed by atoms with Gasteiger partial charge in [-0.1, -0.05) is 5.11 Å². The minimum Gasteiger partial charge on any atom is -0.330 e. The highest BCUT2D eigenvalue weighted by atomic mass is 35.5. The minimum atomic E-state index is 0. The Bertz CT molecular complexity index is 66.1. The van der Waals surface area contributed by atoms with E-state index in [0.29, 0.717) is 13.1 Å². The van der Waals surface area contributed by atoms with E-state index in [0.717, 1.165) is 0 Å². The Balaban J connectivity index is 0. The van der Waals surface area contributed by atoms with Gasteiger partial charge < -0.3 is 5.73 Å². The molecular formula is C2H7ClN4. The van der Waals surface area contributed by atoms with Gasteiger partial charge in [-0.2, -0.15) is 0 Å². The fourth-order valence-electron chi connectivity index (χ4n) is 0.102. The maximum Gasteiger partial charge on any atom is 0.0381 e. The zero-order valence-electron chi connectivity index (χ0n) is 3.74. The first kappa shape index (κ1) is 9.75. The average Bonchev–Trinajstić information content (AvgIpc) is 1.61. The van der Waals surface area contributed by atoms with Crippen molar-refractivity contribution >= 4 is 12.4 Å². The number of hydrogen-bond acceptors (Lipinski definition) is 2. The Morgan fingerprint density at radius 1 is 1.71 bits per heavy atom. The summed E-state index contributed by atoms with van der Waals surface area (Å²) < 4.78 is 0. The van der Waals surface area contributed by atoms with E-state index in [-0.39, 0.29) is 12.4 Å². The lowest BCUT2D eigenvalue weighted by Gasteiger charge is -1.73. The first-order chi connectivity index (χ1) is 2.91. The minimum absolute atomic E-state index is 0. The van der Waals surface area contributed by atoms with Gasteiger partial charge in [0.25, 0.3) is 0 Å². The molecule has 0 saturated heterocycles. The van der Waals surface area contributed by atoms with Crippen molar-refractivity contribution in [2.24, 2.45) is 10.8 Å². The van der Waals surface area contributed by atoms with Gasteiger partial charge in [-0.15, -0.1) is 12.4 Å². The number of halogens is 1. The van der Waals surface area contributed by atoms with Crippen LogP contribution in [0.4, 0.5) is 0 Å². The van der Waals surface area contributed by atoms with Crippen LogP contribution in [0.3, 0.4) is 0 Å². The largest absolute Gasteiger partial charge is 0.330 e. The summed E-state index contributed by atoms with van der Waals surface area (Å²) in [6.45, 7) is 0.834. The SMILES string of the molecule is Cl.[N-]=[N+]=NCCN. The second kappa shape index (κ2) is 9.12. The molecule has 7 heavy (non-hydrogen) atoms. The number of nitrogens with zero attached hydrogens (tertiary/aromatic N) is 3. The van der Waals surface area contributed by atoms with Crippen LogP contribution >= 0.6 is 12.4 Å². The number of nitrogens with two attached hydrogens (primary N) is 1. The maximum atomic E-state index is 7.60. The van der Waals surface area contributed by atoms with E-state index in [1.54, 1.807) is 0 Å². The molecule has 0 unspecified atom stereocenters. The number of rotatable bonds is 2. The second-order valence-electron chi connectivity index (χ2n) is 0.743. The van der Waals surface area contributed by atoms with Gasteiger partial charge in [-0.3, -0.25) is 0 Å². The lowest BCUT2D eigenvalue weighted by Crippen LogP contribution is -2.00. The van der Waals surface area contributed by atoms with Gasteiger partial charge in [0, 0.05) is 11.5 Å². The third-order valence-corrected chi connectivity index (χ3v) is 0.292. The monoisotopic (exact) mass is 122 g/mol. The Kier molecular flexibility index (Phi) is 12.7. The van der Waals surface area contributed by atoms with Crippen LogP contribution in [0.15, 0.2) is 5.11 Å². The molecule has 42 valence electrons. The van der Waals surface area contributed by atoms with Gasteiger partial charge in [0.05, 0.1) is 0 Å². The van der Waals surface area contributed by atoms with Crippen molar-refractivity contribution < 1.29 is 0 Å². The molecule has 0 aliphatic heterocycles. The smallest absolute Gasteiger partial charge is 0.0381 e. The van der Waals surface area contributed by atoms with Crippen molar-refractivity contribution in [2.45, 2.75) is 0 Å². The molecule has 0 saturated carbocycles. The molecule has 0 aromatic heterocycles. The van der Waals surface area contributed by atoms with Gasteiger partial charge in [0.1, 0.15) is 0 Å². The number of hydrogen-bond donors (Lipinski definition) is 1. The summed E-state index contributed by atoms with van der Waals surface area (Å²) in [5.74, 6) is 0. The fraction of sp³-hybridized carbons (Fsp3) is 1.00. The summed E-state index contributed by atoms with van der Waals surface area (Å²) in [7, 11) is 0. The molecule has 0 aromatic carbocycles. The van der Waals surface area contributed by atoms with E-state index >= 15 is 0 Å². The zero-order chi connectivity index (χ0) is 4.83. The molecule has 0 fully saturated rings. The van der Waals surface area contributed by atoms with Crippen LogP contribution in [0, 0.1) is 0 Å². The molecule has 0 spiro atoms. The third-order valence-electron chi connectivity index (χ3n) is 0.292. The first-order valence-corrected chi connectivity index (χ1v) is 1.62. The molecule has 0 aliphatic rings. The predicted molar refractivity (Wildman–Crippen MR) is 30.3 cm³/mol. The van der Waals surface area contributed by atoms with Crippen molar-refractivity contribution in [3.63, 3.8) is 0 Å². The molecule has 0 aliphatic carbocycles. The molecule has 0 bridgehead atoms. The lowest BCUT2D eigenvalue weighted by atomic mass is 10.7. The van der Waals surface area contributed by atoms with Crippen molar-refractivity contribution in [2.75, 3.05) is 13.1 Å². The molecule has 2 N–H and O–H groups in total. The second-order valence-corrected chi connectivity index (χ2v) is 0.743. The lowest BCUT2D eigenvalue weighted by molar-refractivity contribution is 0.964. The molecule has 0 atom stereocenters. The number of azide groups is 1. The summed E-state index contributed by atoms with van der Waals surface area (Å²) in [4.78, 5) is 2.47. The molecular weight excluding hydrogens is 116 g/mol. The molecule has 0 radical (unpaired) electrons. The van der Waals surface area contributed by atoms with Crippen LogP contribution in [0.2, 0.25) is 0 Å². The van der Waals surface area contributed by atoms with Crippen molar-refractivity contribution in [3.05, 3.63) is 10.4 Å². The van der Waals surface area contributed by atoms with Crippen LogP contribution < -0.4 is 5.73 Å². The highest BCUT2D eigenvalue weighted by molar-refractivity contribution is 5.85. The van der Waals surface area contributed by atoms with Crippen LogP contribution in [-0.2, 0) is 0 Å². The highest BCUT2D eigenvalue weighted by Crippen LogP contribution is 1.61. The Morgan fingerprint density at radius 3 is 2.43 bits per heavy atom. The van der Waals surface area contributed by atoms with Gasteiger partial charge in [-0.05, 0) is 12.1 Å². The van der Waals surface area contributed by atoms with E-state index in [1.807, 2.05) is 0 Å². The van der Waals surface area contributed by atoms with Crippen molar-refractivity contribution in [1.29, 1.82) is 0 Å². The molecule has 5 heteroatoms. The summed E-state index contributed by atoms with van der Waals surface area (Å²) >= 11 is 0. The fourth-order valence-corrected chi connectivity index (χ4v) is 0.102. The third kappa shape index (κ3) is 10.8. The van der Waals surface area contributed by atoms with Gasteiger partial charge in [0.2, 0.25) is 0 Å². The van der Waals surface area contributed by atoms with Crippen LogP contribution in [0.25, 0.3) is 10.4 Å². The zero-order valence-corrected chi connectivity index (χ0v) is 4.56. The summed E-state index contributed by atoms with van der Waals surface area (Å²) in [6, 6.07) is 0. The summed E-state index contributed by atoms with van der Waals surface area (Å²) in [5, 5.41) is 3.15. The van der Waals surface area contributed by atoms with Crippen LogP contribution in [0.5, 0.6) is 0 Å². The van der Waals surface area contributed by atoms with Crippen LogP contribution in [-0.4, -0.2) is 13.1 Å². The molecule has 0 amide bonds. The Morgan fingerprint density at radius 2 is 2.29 bits per heavy atom. The first-order valence-electron chi connectivity index (χ1n) is 1.62. The van der Waals surface area contributed by atoms with Gasteiger partial charge in [0.15, 0.2) is 0 Å².